The molecule has 2 rings (SSSR count). The number of anilines is 1. The van der Waals surface area contributed by atoms with Gasteiger partial charge in [0.25, 0.3) is 0 Å². The fourth-order valence-corrected chi connectivity index (χ4v) is 3.09. The highest BCUT2D eigenvalue weighted by Gasteiger charge is 2.21. The summed E-state index contributed by atoms with van der Waals surface area (Å²) in [6.07, 6.45) is 1.87. The van der Waals surface area contributed by atoms with E-state index in [0.29, 0.717) is 29.3 Å². The van der Waals surface area contributed by atoms with Gasteiger partial charge in [0.15, 0.2) is 5.75 Å². The van der Waals surface area contributed by atoms with Gasteiger partial charge in [-0.3, -0.25) is 0 Å². The summed E-state index contributed by atoms with van der Waals surface area (Å²) in [5, 5.41) is 18.0. The summed E-state index contributed by atoms with van der Waals surface area (Å²) in [7, 11) is -2.50. The first kappa shape index (κ1) is 20.0. The summed E-state index contributed by atoms with van der Waals surface area (Å²) >= 11 is 0. The molecule has 7 nitrogen and oxygen atoms in total. The molecule has 8 heteroatoms. The molecule has 0 atom stereocenters. The Hall–Kier alpha value is -2.29. The zero-order chi connectivity index (χ0) is 19.2. The summed E-state index contributed by atoms with van der Waals surface area (Å²) in [5.74, 6) is 1.19. The molecule has 0 radical (unpaired) electrons. The molecule has 0 fully saturated rings. The molecule has 0 aliphatic heterocycles. The van der Waals surface area contributed by atoms with E-state index >= 15 is 0 Å². The van der Waals surface area contributed by atoms with Crippen molar-refractivity contribution in [2.75, 3.05) is 19.0 Å². The van der Waals surface area contributed by atoms with Crippen molar-refractivity contribution in [3.05, 3.63) is 42.0 Å². The van der Waals surface area contributed by atoms with Crippen LogP contribution in [0.15, 0.2) is 41.3 Å². The molecule has 0 saturated heterocycles. The number of aliphatic hydroxyl groups is 1. The van der Waals surface area contributed by atoms with Crippen molar-refractivity contribution in [1.82, 2.24) is 0 Å². The van der Waals surface area contributed by atoms with E-state index in [0.717, 1.165) is 12.8 Å². The maximum atomic E-state index is 12.1. The molecule has 0 aliphatic carbocycles. The lowest BCUT2D eigenvalue weighted by molar-refractivity contribution is 0.281. The van der Waals surface area contributed by atoms with Crippen LogP contribution in [0.25, 0.3) is 0 Å². The van der Waals surface area contributed by atoms with Crippen molar-refractivity contribution in [2.24, 2.45) is 5.14 Å². The number of rotatable bonds is 9. The third-order valence-electron chi connectivity index (χ3n) is 3.73. The Bertz CT molecular complexity index is 835. The maximum absolute atomic E-state index is 12.1. The van der Waals surface area contributed by atoms with Crippen LogP contribution in [0.2, 0.25) is 0 Å². The number of hydrogen-bond acceptors (Lipinski definition) is 6. The predicted octanol–water partition coefficient (Wildman–Crippen LogP) is 2.84. The van der Waals surface area contributed by atoms with Gasteiger partial charge >= 0.3 is 0 Å². The van der Waals surface area contributed by atoms with Gasteiger partial charge < -0.3 is 19.9 Å². The molecular weight excluding hydrogens is 356 g/mol. The van der Waals surface area contributed by atoms with E-state index in [1.165, 1.54) is 6.07 Å². The summed E-state index contributed by atoms with van der Waals surface area (Å²) in [5.41, 5.74) is 0.889. The van der Waals surface area contributed by atoms with Gasteiger partial charge in [-0.05, 0) is 48.4 Å². The Morgan fingerprint density at radius 2 is 1.81 bits per heavy atom. The van der Waals surface area contributed by atoms with Crippen LogP contribution in [0.3, 0.4) is 0 Å². The SMILES string of the molecule is CCCCNc1cc(CO)cc(S(N)(=O)=O)c1Oc1ccc(OC)cc1. The lowest BCUT2D eigenvalue weighted by Gasteiger charge is -2.17. The predicted molar refractivity (Wildman–Crippen MR) is 100 cm³/mol. The second-order valence-corrected chi connectivity index (χ2v) is 7.26. The van der Waals surface area contributed by atoms with Gasteiger partial charge in [-0.25, -0.2) is 13.6 Å². The number of sulfonamides is 1. The number of hydrogen-bond donors (Lipinski definition) is 3. The number of nitrogens with one attached hydrogen (secondary N) is 1. The van der Waals surface area contributed by atoms with Crippen molar-refractivity contribution in [3.8, 4) is 17.2 Å². The van der Waals surface area contributed by atoms with Crippen LogP contribution in [0.5, 0.6) is 17.2 Å². The minimum atomic E-state index is -4.05. The summed E-state index contributed by atoms with van der Waals surface area (Å²) in [4.78, 5) is -0.182. The summed E-state index contributed by atoms with van der Waals surface area (Å²) < 4.78 is 35.1. The van der Waals surface area contributed by atoms with Crippen LogP contribution < -0.4 is 19.9 Å². The molecular formula is C18H24N2O5S. The molecule has 142 valence electrons. The second-order valence-electron chi connectivity index (χ2n) is 5.73. The summed E-state index contributed by atoms with van der Waals surface area (Å²) in [6.45, 7) is 2.37. The molecule has 0 unspecified atom stereocenters. The Morgan fingerprint density at radius 1 is 1.15 bits per heavy atom. The molecule has 0 aromatic heterocycles. The molecule has 0 saturated carbocycles. The van der Waals surface area contributed by atoms with Gasteiger partial charge in [-0.1, -0.05) is 13.3 Å². The van der Waals surface area contributed by atoms with Crippen LogP contribution in [-0.4, -0.2) is 27.2 Å². The van der Waals surface area contributed by atoms with Gasteiger partial charge in [0.2, 0.25) is 10.0 Å². The first-order valence-corrected chi connectivity index (χ1v) is 9.80. The largest absolute Gasteiger partial charge is 0.497 e. The van der Waals surface area contributed by atoms with Crippen molar-refractivity contribution in [3.63, 3.8) is 0 Å². The first-order valence-electron chi connectivity index (χ1n) is 8.25. The minimum Gasteiger partial charge on any atom is -0.497 e. The topological polar surface area (TPSA) is 111 Å². The van der Waals surface area contributed by atoms with E-state index < -0.39 is 10.0 Å². The number of aliphatic hydroxyl groups excluding tert-OH is 1. The Kier molecular flexibility index (Phi) is 6.84. The molecule has 0 amide bonds. The highest BCUT2D eigenvalue weighted by molar-refractivity contribution is 7.89. The van der Waals surface area contributed by atoms with Crippen LogP contribution in [0.1, 0.15) is 25.3 Å². The number of ether oxygens (including phenoxy) is 2. The molecule has 2 aromatic rings. The fraction of sp³-hybridized carbons (Fsp3) is 0.333. The third-order valence-corrected chi connectivity index (χ3v) is 4.65. The van der Waals surface area contributed by atoms with E-state index in [9.17, 15) is 13.5 Å². The molecule has 2 aromatic carbocycles. The quantitative estimate of drug-likeness (QED) is 0.577. The van der Waals surface area contributed by atoms with Crippen LogP contribution in [-0.2, 0) is 16.6 Å². The monoisotopic (exact) mass is 380 g/mol. The number of benzene rings is 2. The molecule has 0 bridgehead atoms. The lowest BCUT2D eigenvalue weighted by Crippen LogP contribution is -2.15. The van der Waals surface area contributed by atoms with Gasteiger partial charge in [0, 0.05) is 6.54 Å². The molecule has 0 spiro atoms. The fourth-order valence-electron chi connectivity index (χ4n) is 2.36. The van der Waals surface area contributed by atoms with E-state index in [-0.39, 0.29) is 17.3 Å². The van der Waals surface area contributed by atoms with Crippen LogP contribution in [0, 0.1) is 0 Å². The van der Waals surface area contributed by atoms with Crippen molar-refractivity contribution < 1.29 is 23.0 Å². The summed E-state index contributed by atoms with van der Waals surface area (Å²) in [6, 6.07) is 9.72. The highest BCUT2D eigenvalue weighted by Crippen LogP contribution is 2.37. The second kappa shape index (κ2) is 8.88. The number of nitrogens with two attached hydrogens (primary N) is 1. The maximum Gasteiger partial charge on any atom is 0.241 e. The highest BCUT2D eigenvalue weighted by atomic mass is 32.2. The zero-order valence-corrected chi connectivity index (χ0v) is 15.7. The van der Waals surface area contributed by atoms with Crippen LogP contribution >= 0.6 is 0 Å². The van der Waals surface area contributed by atoms with E-state index in [2.05, 4.69) is 12.2 Å². The Balaban J connectivity index is 2.50. The van der Waals surface area contributed by atoms with E-state index in [4.69, 9.17) is 14.6 Å². The number of primary sulfonamides is 1. The smallest absolute Gasteiger partial charge is 0.241 e. The normalized spacial score (nSPS) is 11.2. The number of methoxy groups -OCH3 is 1. The van der Waals surface area contributed by atoms with E-state index in [1.807, 2.05) is 0 Å². The lowest BCUT2D eigenvalue weighted by atomic mass is 10.2. The first-order chi connectivity index (χ1) is 12.4. The molecule has 26 heavy (non-hydrogen) atoms. The van der Waals surface area contributed by atoms with Gasteiger partial charge in [-0.2, -0.15) is 0 Å². The standard InChI is InChI=1S/C18H24N2O5S/c1-3-4-9-20-16-10-13(12-21)11-17(26(19,22)23)18(16)25-15-7-5-14(24-2)6-8-15/h5-8,10-11,20-21H,3-4,9,12H2,1-2H3,(H2,19,22,23). The van der Waals surface area contributed by atoms with Gasteiger partial charge in [0.1, 0.15) is 16.4 Å². The average Bonchev–Trinajstić information content (AvgIpc) is 2.62. The van der Waals surface area contributed by atoms with Crippen molar-refractivity contribution >= 4 is 15.7 Å². The van der Waals surface area contributed by atoms with Crippen molar-refractivity contribution in [1.29, 1.82) is 0 Å². The molecule has 4 N–H and O–H groups in total. The van der Waals surface area contributed by atoms with Crippen LogP contribution in [0.4, 0.5) is 5.69 Å². The number of unbranched alkanes of at least 4 members (excludes halogenated alkanes) is 1. The van der Waals surface area contributed by atoms with Gasteiger partial charge in [-0.15, -0.1) is 0 Å². The third kappa shape index (κ3) is 5.10. The van der Waals surface area contributed by atoms with Gasteiger partial charge in [0.05, 0.1) is 19.4 Å². The zero-order valence-electron chi connectivity index (χ0n) is 14.9. The Labute approximate surface area is 153 Å². The Morgan fingerprint density at radius 3 is 2.35 bits per heavy atom. The molecule has 0 heterocycles. The average molecular weight is 380 g/mol. The van der Waals surface area contributed by atoms with E-state index in [1.54, 1.807) is 37.4 Å². The minimum absolute atomic E-state index is 0.103. The molecule has 0 aliphatic rings. The van der Waals surface area contributed by atoms with Crippen molar-refractivity contribution in [2.45, 2.75) is 31.3 Å².